The average Bonchev–Trinajstić information content (AvgIpc) is 2.54. The number of nitrogens with zero attached hydrogens (tertiary/aromatic N) is 2. The van der Waals surface area contributed by atoms with E-state index in [2.05, 4.69) is 29.1 Å². The number of guanidine groups is 1. The zero-order valence-electron chi connectivity index (χ0n) is 13.9. The quantitative estimate of drug-likeness (QED) is 0.648. The van der Waals surface area contributed by atoms with E-state index in [1.807, 2.05) is 24.3 Å². The van der Waals surface area contributed by atoms with Crippen molar-refractivity contribution >= 4 is 11.6 Å². The molecule has 0 bridgehead atoms. The van der Waals surface area contributed by atoms with Gasteiger partial charge in [0.1, 0.15) is 5.75 Å². The van der Waals surface area contributed by atoms with E-state index in [0.29, 0.717) is 18.0 Å². The predicted octanol–water partition coefficient (Wildman–Crippen LogP) is 2.68. The summed E-state index contributed by atoms with van der Waals surface area (Å²) in [4.78, 5) is 7.02. The number of methoxy groups -OCH3 is 1. The van der Waals surface area contributed by atoms with E-state index in [4.69, 9.17) is 10.5 Å². The summed E-state index contributed by atoms with van der Waals surface area (Å²) in [6, 6.07) is 8.72. The summed E-state index contributed by atoms with van der Waals surface area (Å²) in [6.45, 7) is 6.42. The van der Waals surface area contributed by atoms with E-state index < -0.39 is 0 Å². The van der Waals surface area contributed by atoms with Crippen molar-refractivity contribution in [3.8, 4) is 5.75 Å². The van der Waals surface area contributed by atoms with Gasteiger partial charge in [0.25, 0.3) is 0 Å². The largest absolute Gasteiger partial charge is 0.497 e. The monoisotopic (exact) mass is 304 g/mol. The Morgan fingerprint density at radius 3 is 2.77 bits per heavy atom. The lowest BCUT2D eigenvalue weighted by Crippen LogP contribution is -2.45. The van der Waals surface area contributed by atoms with E-state index >= 15 is 0 Å². The highest BCUT2D eigenvalue weighted by molar-refractivity contribution is 5.92. The maximum Gasteiger partial charge on any atom is 0.193 e. The highest BCUT2D eigenvalue weighted by Crippen LogP contribution is 2.19. The summed E-state index contributed by atoms with van der Waals surface area (Å²) in [6.07, 6.45) is 3.92. The molecule has 1 aromatic rings. The molecule has 0 saturated carbocycles. The highest BCUT2D eigenvalue weighted by atomic mass is 16.5. The highest BCUT2D eigenvalue weighted by Gasteiger charge is 2.22. The van der Waals surface area contributed by atoms with Crippen molar-refractivity contribution in [2.75, 3.05) is 25.5 Å². The number of nitrogens with two attached hydrogens (primary N) is 1. The fourth-order valence-corrected chi connectivity index (χ4v) is 2.97. The van der Waals surface area contributed by atoms with Crippen LogP contribution in [-0.2, 0) is 0 Å². The van der Waals surface area contributed by atoms with Crippen molar-refractivity contribution in [1.29, 1.82) is 0 Å². The van der Waals surface area contributed by atoms with Gasteiger partial charge in [-0.2, -0.15) is 0 Å². The van der Waals surface area contributed by atoms with Gasteiger partial charge in [0.15, 0.2) is 5.96 Å². The van der Waals surface area contributed by atoms with Crippen LogP contribution in [0.5, 0.6) is 5.75 Å². The zero-order chi connectivity index (χ0) is 15.9. The maximum absolute atomic E-state index is 5.98. The Balaban J connectivity index is 1.85. The normalized spacial score (nSPS) is 21.4. The smallest absolute Gasteiger partial charge is 0.193 e. The first kappa shape index (κ1) is 16.6. The van der Waals surface area contributed by atoms with E-state index in [1.54, 1.807) is 7.11 Å². The van der Waals surface area contributed by atoms with Crippen LogP contribution >= 0.6 is 0 Å². The number of ether oxygens (including phenoxy) is 1. The molecule has 1 aliphatic heterocycles. The van der Waals surface area contributed by atoms with E-state index in [9.17, 15) is 0 Å². The van der Waals surface area contributed by atoms with Crippen molar-refractivity contribution in [3.63, 3.8) is 0 Å². The third-order valence-electron chi connectivity index (χ3n) is 4.31. The van der Waals surface area contributed by atoms with Gasteiger partial charge in [0.2, 0.25) is 0 Å². The summed E-state index contributed by atoms with van der Waals surface area (Å²) in [5, 5.41) is 3.12. The number of hydrogen-bond donors (Lipinski definition) is 2. The second kappa shape index (κ2) is 8.03. The molecule has 1 saturated heterocycles. The van der Waals surface area contributed by atoms with Gasteiger partial charge in [-0.25, -0.2) is 0 Å². The van der Waals surface area contributed by atoms with Crippen LogP contribution in [0.3, 0.4) is 0 Å². The van der Waals surface area contributed by atoms with E-state index in [-0.39, 0.29) is 0 Å². The molecule has 3 N–H and O–H groups in total. The molecule has 1 heterocycles. The molecule has 2 unspecified atom stereocenters. The van der Waals surface area contributed by atoms with Crippen molar-refractivity contribution in [1.82, 2.24) is 4.90 Å². The summed E-state index contributed by atoms with van der Waals surface area (Å²) >= 11 is 0. The molecule has 5 nitrogen and oxygen atoms in total. The second-order valence-electron chi connectivity index (χ2n) is 6.01. The molecule has 0 aliphatic carbocycles. The van der Waals surface area contributed by atoms with Crippen LogP contribution in [-0.4, -0.2) is 43.1 Å². The first-order valence-corrected chi connectivity index (χ1v) is 8.07. The van der Waals surface area contributed by atoms with Crippen LogP contribution in [0.2, 0.25) is 0 Å². The zero-order valence-corrected chi connectivity index (χ0v) is 13.9. The average molecular weight is 304 g/mol. The Kier molecular flexibility index (Phi) is 6.07. The Bertz CT molecular complexity index is 486. The van der Waals surface area contributed by atoms with Gasteiger partial charge in [-0.05, 0) is 57.5 Å². The van der Waals surface area contributed by atoms with Gasteiger partial charge in [-0.3, -0.25) is 9.89 Å². The Labute approximate surface area is 133 Å². The first-order chi connectivity index (χ1) is 10.6. The predicted molar refractivity (Wildman–Crippen MR) is 92.6 cm³/mol. The topological polar surface area (TPSA) is 62.9 Å². The van der Waals surface area contributed by atoms with E-state index in [1.165, 1.54) is 25.8 Å². The van der Waals surface area contributed by atoms with Gasteiger partial charge in [-0.1, -0.05) is 6.42 Å². The first-order valence-electron chi connectivity index (χ1n) is 8.07. The van der Waals surface area contributed by atoms with Crippen LogP contribution < -0.4 is 15.8 Å². The third-order valence-corrected chi connectivity index (χ3v) is 4.31. The minimum Gasteiger partial charge on any atom is -0.497 e. The van der Waals surface area contributed by atoms with Gasteiger partial charge in [-0.15, -0.1) is 0 Å². The molecule has 22 heavy (non-hydrogen) atoms. The Morgan fingerprint density at radius 1 is 1.41 bits per heavy atom. The minimum absolute atomic E-state index is 0.423. The summed E-state index contributed by atoms with van der Waals surface area (Å²) in [5.41, 5.74) is 6.90. The van der Waals surface area contributed by atoms with Crippen LogP contribution in [0.25, 0.3) is 0 Å². The molecule has 0 aromatic heterocycles. The van der Waals surface area contributed by atoms with Crippen LogP contribution in [0.4, 0.5) is 5.69 Å². The lowest BCUT2D eigenvalue weighted by Gasteiger charge is -2.37. The van der Waals surface area contributed by atoms with Crippen LogP contribution in [0.15, 0.2) is 29.3 Å². The number of benzene rings is 1. The Morgan fingerprint density at radius 2 is 2.14 bits per heavy atom. The molecule has 0 radical (unpaired) electrons. The number of rotatable bonds is 5. The van der Waals surface area contributed by atoms with Crippen molar-refractivity contribution in [2.24, 2.45) is 10.7 Å². The summed E-state index contributed by atoms with van der Waals surface area (Å²) < 4.78 is 5.14. The SMILES string of the molecule is COc1ccc(NC(N)=NCC(C)N2CCCCC2C)cc1. The van der Waals surface area contributed by atoms with Gasteiger partial charge >= 0.3 is 0 Å². The molecule has 0 spiro atoms. The molecule has 1 aromatic carbocycles. The maximum atomic E-state index is 5.98. The molecular formula is C17H28N4O. The molecule has 1 fully saturated rings. The number of piperidine rings is 1. The third kappa shape index (κ3) is 4.63. The number of anilines is 1. The van der Waals surface area contributed by atoms with Crippen molar-refractivity contribution < 1.29 is 4.74 Å². The van der Waals surface area contributed by atoms with Crippen molar-refractivity contribution in [2.45, 2.75) is 45.2 Å². The van der Waals surface area contributed by atoms with Crippen molar-refractivity contribution in [3.05, 3.63) is 24.3 Å². The molecule has 5 heteroatoms. The van der Waals surface area contributed by atoms with Gasteiger partial charge in [0, 0.05) is 17.8 Å². The minimum atomic E-state index is 0.423. The van der Waals surface area contributed by atoms with Crippen LogP contribution in [0.1, 0.15) is 33.1 Å². The second-order valence-corrected chi connectivity index (χ2v) is 6.01. The fourth-order valence-electron chi connectivity index (χ4n) is 2.97. The molecule has 2 rings (SSSR count). The standard InChI is InChI=1S/C17H28N4O/c1-13-6-4-5-11-21(13)14(2)12-19-17(18)20-15-7-9-16(22-3)10-8-15/h7-10,13-14H,4-6,11-12H2,1-3H3,(H3,18,19,20). The summed E-state index contributed by atoms with van der Waals surface area (Å²) in [7, 11) is 1.65. The number of nitrogens with one attached hydrogen (secondary N) is 1. The van der Waals surface area contributed by atoms with Gasteiger partial charge in [0.05, 0.1) is 13.7 Å². The van der Waals surface area contributed by atoms with E-state index in [0.717, 1.165) is 18.0 Å². The number of hydrogen-bond acceptors (Lipinski definition) is 3. The lowest BCUT2D eigenvalue weighted by molar-refractivity contribution is 0.118. The number of aliphatic imine (C=N–C) groups is 1. The van der Waals surface area contributed by atoms with Gasteiger partial charge < -0.3 is 15.8 Å². The molecule has 0 amide bonds. The molecule has 2 atom stereocenters. The molecule has 122 valence electrons. The Hall–Kier alpha value is -1.75. The molecule has 1 aliphatic rings. The summed E-state index contributed by atoms with van der Waals surface area (Å²) in [5.74, 6) is 1.29. The number of likely N-dealkylation sites (tertiary alicyclic amines) is 1. The lowest BCUT2D eigenvalue weighted by atomic mass is 10.0. The van der Waals surface area contributed by atoms with Crippen LogP contribution in [0, 0.1) is 0 Å². The molecular weight excluding hydrogens is 276 g/mol. The fraction of sp³-hybridized carbons (Fsp3) is 0.588.